The number of halogens is 2. The molecule has 0 radical (unpaired) electrons. The van der Waals surface area contributed by atoms with Crippen LogP contribution in [0.2, 0.25) is 0 Å². The molecule has 2 aliphatic heterocycles. The second-order valence-electron chi connectivity index (χ2n) is 7.66. The zero-order chi connectivity index (χ0) is 22.2. The predicted octanol–water partition coefficient (Wildman–Crippen LogP) is 5.03. The van der Waals surface area contributed by atoms with Gasteiger partial charge in [-0.2, -0.15) is 0 Å². The molecule has 3 aromatic rings. The molecule has 0 bridgehead atoms. The fourth-order valence-corrected chi connectivity index (χ4v) is 3.82. The molecule has 32 heavy (non-hydrogen) atoms. The number of fused-ring (bicyclic) bond motifs is 1. The van der Waals surface area contributed by atoms with Gasteiger partial charge in [-0.05, 0) is 42.3 Å². The van der Waals surface area contributed by atoms with Crippen molar-refractivity contribution in [3.63, 3.8) is 0 Å². The van der Waals surface area contributed by atoms with Crippen LogP contribution in [0.1, 0.15) is 28.3 Å². The van der Waals surface area contributed by atoms with Crippen LogP contribution in [0.15, 0.2) is 76.3 Å². The number of H-pyrrole nitrogens is 1. The summed E-state index contributed by atoms with van der Waals surface area (Å²) in [6, 6.07) is 15.0. The monoisotopic (exact) mass is 431 g/mol. The highest BCUT2D eigenvalue weighted by molar-refractivity contribution is 5.62. The summed E-state index contributed by atoms with van der Waals surface area (Å²) in [4.78, 5) is 20.9. The van der Waals surface area contributed by atoms with Crippen molar-refractivity contribution in [2.45, 2.75) is 19.8 Å². The number of nitrogens with zero attached hydrogens (tertiary/aromatic N) is 2. The minimum atomic E-state index is -0.386. The molecule has 0 spiro atoms. The zero-order valence-corrected chi connectivity index (χ0v) is 17.2. The maximum atomic E-state index is 14.9. The molecule has 160 valence electrons. The summed E-state index contributed by atoms with van der Waals surface area (Å²) in [5.74, 6) is 0.228. The molecule has 7 heteroatoms. The van der Waals surface area contributed by atoms with Gasteiger partial charge in [-0.15, -0.1) is 0 Å². The molecule has 0 unspecified atom stereocenters. The van der Waals surface area contributed by atoms with E-state index >= 15 is 0 Å². The van der Waals surface area contributed by atoms with Crippen molar-refractivity contribution in [1.29, 1.82) is 0 Å². The van der Waals surface area contributed by atoms with E-state index in [1.165, 1.54) is 16.9 Å². The molecule has 0 aliphatic carbocycles. The lowest BCUT2D eigenvalue weighted by Gasteiger charge is -2.14. The van der Waals surface area contributed by atoms with Crippen molar-refractivity contribution in [1.82, 2.24) is 14.5 Å². The van der Waals surface area contributed by atoms with Gasteiger partial charge < -0.3 is 9.40 Å². The lowest BCUT2D eigenvalue weighted by Crippen LogP contribution is -2.18. The quantitative estimate of drug-likeness (QED) is 0.425. The van der Waals surface area contributed by atoms with Crippen LogP contribution in [-0.2, 0) is 12.8 Å². The number of hydrogen-bond donors (Lipinski definition) is 1. The van der Waals surface area contributed by atoms with Gasteiger partial charge >= 0.3 is 0 Å². The van der Waals surface area contributed by atoms with Gasteiger partial charge in [0.25, 0.3) is 5.56 Å². The number of benzene rings is 2. The molecule has 5 rings (SSSR count). The van der Waals surface area contributed by atoms with Gasteiger partial charge in [0.1, 0.15) is 23.1 Å². The predicted molar refractivity (Wildman–Crippen MR) is 116 cm³/mol. The molecule has 3 heterocycles. The van der Waals surface area contributed by atoms with E-state index in [1.807, 2.05) is 0 Å². The average molecular weight is 431 g/mol. The molecular weight excluding hydrogens is 412 g/mol. The fourth-order valence-electron chi connectivity index (χ4n) is 3.82. The second kappa shape index (κ2) is 7.92. The number of nitrogens with one attached hydrogen (secondary N) is 1. The Bertz CT molecular complexity index is 1430. The first kappa shape index (κ1) is 19.9. The van der Waals surface area contributed by atoms with Gasteiger partial charge in [0.15, 0.2) is 5.82 Å². The zero-order valence-electron chi connectivity index (χ0n) is 17.2. The lowest BCUT2D eigenvalue weighted by atomic mass is 10.1. The summed E-state index contributed by atoms with van der Waals surface area (Å²) in [6.45, 7) is 1.68. The summed E-state index contributed by atoms with van der Waals surface area (Å²) in [7, 11) is 0. The van der Waals surface area contributed by atoms with E-state index in [4.69, 9.17) is 4.42 Å². The van der Waals surface area contributed by atoms with Crippen molar-refractivity contribution in [2.24, 2.45) is 0 Å². The largest absolute Gasteiger partial charge is 0.469 e. The van der Waals surface area contributed by atoms with E-state index in [9.17, 15) is 13.6 Å². The Kier molecular flexibility index (Phi) is 4.93. The molecule has 0 saturated heterocycles. The van der Waals surface area contributed by atoms with Gasteiger partial charge in [0.2, 0.25) is 0 Å². The highest BCUT2D eigenvalue weighted by atomic mass is 19.1. The molecule has 1 aromatic heterocycles. The summed E-state index contributed by atoms with van der Waals surface area (Å²) in [5, 5.41) is 0. The standard InChI is InChI=1S/C25H19F2N3O2/c1-15-6-4-9-18(23(15)27)22-14-30-24(20(28-22)12-16-7-2-3-10-19(16)26)29-21(25(30)31)13-17-8-5-11-32-17/h2-11,14,28H,12-13H2,1H3. The molecule has 0 atom stereocenters. The van der Waals surface area contributed by atoms with Crippen LogP contribution in [0.4, 0.5) is 8.78 Å². The van der Waals surface area contributed by atoms with Crippen LogP contribution in [0.5, 0.6) is 0 Å². The Morgan fingerprint density at radius 3 is 2.66 bits per heavy atom. The maximum Gasteiger partial charge on any atom is 0.278 e. The Balaban J connectivity index is 1.71. The lowest BCUT2D eigenvalue weighted by molar-refractivity contribution is 0.519. The van der Waals surface area contributed by atoms with E-state index < -0.39 is 0 Å². The summed E-state index contributed by atoms with van der Waals surface area (Å²) in [6.07, 6.45) is 3.46. The highest BCUT2D eigenvalue weighted by Crippen LogP contribution is 2.27. The first-order chi connectivity index (χ1) is 15.5. The van der Waals surface area contributed by atoms with E-state index in [0.29, 0.717) is 45.4 Å². The third kappa shape index (κ3) is 3.51. The van der Waals surface area contributed by atoms with E-state index in [0.717, 1.165) is 0 Å². The number of rotatable bonds is 5. The van der Waals surface area contributed by atoms with Crippen LogP contribution < -0.4 is 5.56 Å². The number of furan rings is 1. The fraction of sp³-hybridized carbons (Fsp3) is 0.120. The van der Waals surface area contributed by atoms with Crippen LogP contribution in [0.25, 0.3) is 17.1 Å². The van der Waals surface area contributed by atoms with Crippen LogP contribution >= 0.6 is 0 Å². The first-order valence-electron chi connectivity index (χ1n) is 10.2. The average Bonchev–Trinajstić information content (AvgIpc) is 3.41. The van der Waals surface area contributed by atoms with Crippen LogP contribution in [0, 0.1) is 18.6 Å². The summed E-state index contributed by atoms with van der Waals surface area (Å²) < 4.78 is 36.0. The molecule has 0 fully saturated rings. The van der Waals surface area contributed by atoms with E-state index in [1.54, 1.807) is 61.7 Å². The maximum absolute atomic E-state index is 14.9. The van der Waals surface area contributed by atoms with E-state index in [2.05, 4.69) is 9.97 Å². The van der Waals surface area contributed by atoms with Crippen molar-refractivity contribution < 1.29 is 13.2 Å². The van der Waals surface area contributed by atoms with Gasteiger partial charge in [0, 0.05) is 18.2 Å². The Labute approximate surface area is 182 Å². The summed E-state index contributed by atoms with van der Waals surface area (Å²) in [5.41, 5.74) is 2.14. The molecule has 2 aliphatic rings. The van der Waals surface area contributed by atoms with Crippen molar-refractivity contribution in [3.8, 4) is 17.1 Å². The Morgan fingerprint density at radius 2 is 1.88 bits per heavy atom. The van der Waals surface area contributed by atoms with Crippen LogP contribution in [-0.4, -0.2) is 14.5 Å². The highest BCUT2D eigenvalue weighted by Gasteiger charge is 2.22. The molecule has 0 amide bonds. The molecule has 5 nitrogen and oxygen atoms in total. The van der Waals surface area contributed by atoms with Crippen molar-refractivity contribution in [2.75, 3.05) is 0 Å². The molecule has 0 saturated carbocycles. The van der Waals surface area contributed by atoms with E-state index in [-0.39, 0.29) is 30.0 Å². The summed E-state index contributed by atoms with van der Waals surface area (Å²) >= 11 is 0. The third-order valence-corrected chi connectivity index (χ3v) is 5.48. The van der Waals surface area contributed by atoms with Gasteiger partial charge in [0.05, 0.1) is 24.1 Å². The normalized spacial score (nSPS) is 11.3. The number of aryl methyl sites for hydroxylation is 1. The number of aromatic amines is 1. The molecule has 2 aromatic carbocycles. The Hall–Kier alpha value is -4.00. The molecular formula is C25H19F2N3O2. The second-order valence-corrected chi connectivity index (χ2v) is 7.66. The van der Waals surface area contributed by atoms with Gasteiger partial charge in [-0.3, -0.25) is 9.36 Å². The number of hydrogen-bond acceptors (Lipinski definition) is 3. The van der Waals surface area contributed by atoms with Crippen molar-refractivity contribution in [3.05, 3.63) is 117 Å². The van der Waals surface area contributed by atoms with Crippen molar-refractivity contribution >= 4 is 0 Å². The first-order valence-corrected chi connectivity index (χ1v) is 10.2. The minimum Gasteiger partial charge on any atom is -0.469 e. The SMILES string of the molecule is Cc1cccc(-c2cn3c(=O)c(Cc4ccco4)nc-3c(Cc3ccccc3F)[nH]2)c1F. The molecule has 1 N–H and O–H groups in total. The minimum absolute atomic E-state index is 0.161. The Morgan fingerprint density at radius 1 is 1.03 bits per heavy atom. The number of aromatic nitrogens is 3. The van der Waals surface area contributed by atoms with Gasteiger partial charge in [-0.1, -0.05) is 30.3 Å². The van der Waals surface area contributed by atoms with Crippen LogP contribution in [0.3, 0.4) is 0 Å². The third-order valence-electron chi connectivity index (χ3n) is 5.48. The number of imidazole rings is 1. The van der Waals surface area contributed by atoms with Gasteiger partial charge in [-0.25, -0.2) is 13.8 Å². The topological polar surface area (TPSA) is 63.8 Å². The smallest absolute Gasteiger partial charge is 0.278 e.